The molecule has 0 fully saturated rings. The lowest BCUT2D eigenvalue weighted by Gasteiger charge is -1.71. The molecule has 0 aliphatic carbocycles. The summed E-state index contributed by atoms with van der Waals surface area (Å²) >= 11 is 6.83. The van der Waals surface area contributed by atoms with Crippen molar-refractivity contribution >= 4 is 37.2 Å². The number of rotatable bonds is 3. The van der Waals surface area contributed by atoms with E-state index in [1.54, 1.807) is 0 Å². The summed E-state index contributed by atoms with van der Waals surface area (Å²) in [6.07, 6.45) is 0. The molecule has 0 atom stereocenters. The minimum atomic E-state index is -0.881. The normalized spacial score (nSPS) is 6.93. The summed E-state index contributed by atoms with van der Waals surface area (Å²) in [6.45, 7) is -0.250. The zero-order chi connectivity index (χ0) is 12.0. The van der Waals surface area contributed by atoms with Crippen molar-refractivity contribution < 1.29 is 30.0 Å². The maximum absolute atomic E-state index is 9.29. The molecule has 0 saturated carbocycles. The first-order chi connectivity index (χ1) is 6.45. The summed E-state index contributed by atoms with van der Waals surface area (Å²) in [5, 5.41) is 30.5. The Hall–Kier alpha value is -0.440. The third-order valence-corrected chi connectivity index (χ3v) is 0.912. The van der Waals surface area contributed by atoms with Gasteiger partial charge in [-0.25, -0.2) is 0 Å². The third kappa shape index (κ3) is 87.1. The number of aliphatic hydroxyl groups is 2. The molecular formula is C7H18O6S2. The number of carboxylic acids is 2. The molecule has 8 heteroatoms. The van der Waals surface area contributed by atoms with Crippen LogP contribution in [0.5, 0.6) is 0 Å². The van der Waals surface area contributed by atoms with Gasteiger partial charge in [0.25, 0.3) is 0 Å². The highest BCUT2D eigenvalue weighted by atomic mass is 32.1. The Morgan fingerprint density at radius 1 is 0.867 bits per heavy atom. The maximum Gasteiger partial charge on any atom is 0.313 e. The highest BCUT2D eigenvalue weighted by Gasteiger charge is 1.82. The van der Waals surface area contributed by atoms with Crippen LogP contribution in [0.1, 0.15) is 7.43 Å². The molecule has 0 aliphatic heterocycles. The standard InChI is InChI=1S/2C2H4O2S.C2H6O2.CH4/c2*3-2(4)1-5;3-1-2-4;/h2*5H,1H2,(H,3,4);3-4H,1-2H2;1H4. The highest BCUT2D eigenvalue weighted by molar-refractivity contribution is 7.81. The average Bonchev–Trinajstić information content (AvgIpc) is 2.19. The predicted octanol–water partition coefficient (Wildman–Crippen LogP) is -0.391. The van der Waals surface area contributed by atoms with Crippen LogP contribution in [0.2, 0.25) is 0 Å². The fraction of sp³-hybridized carbons (Fsp3) is 0.714. The number of hydrogen-bond donors (Lipinski definition) is 6. The van der Waals surface area contributed by atoms with E-state index in [1.165, 1.54) is 0 Å². The van der Waals surface area contributed by atoms with Crippen LogP contribution in [-0.4, -0.2) is 57.1 Å². The van der Waals surface area contributed by atoms with Crippen LogP contribution in [0.25, 0.3) is 0 Å². The molecule has 0 aromatic rings. The van der Waals surface area contributed by atoms with Gasteiger partial charge in [-0.2, -0.15) is 25.3 Å². The summed E-state index contributed by atoms with van der Waals surface area (Å²) in [5.41, 5.74) is 0. The Bertz CT molecular complexity index is 125. The van der Waals surface area contributed by atoms with Crippen molar-refractivity contribution in [2.24, 2.45) is 0 Å². The Kier molecular flexibility index (Phi) is 37.5. The molecule has 6 nitrogen and oxygen atoms in total. The molecule has 0 unspecified atom stereocenters. The topological polar surface area (TPSA) is 115 Å². The zero-order valence-electron chi connectivity index (χ0n) is 7.33. The molecule has 4 N–H and O–H groups in total. The number of thiol groups is 2. The monoisotopic (exact) mass is 262 g/mol. The first kappa shape index (κ1) is 24.0. The van der Waals surface area contributed by atoms with Crippen LogP contribution < -0.4 is 0 Å². The van der Waals surface area contributed by atoms with E-state index in [2.05, 4.69) is 25.3 Å². The second-order valence-electron chi connectivity index (χ2n) is 1.55. The molecule has 0 spiro atoms. The largest absolute Gasteiger partial charge is 0.481 e. The van der Waals surface area contributed by atoms with E-state index in [9.17, 15) is 9.59 Å². The number of carbonyl (C=O) groups is 2. The van der Waals surface area contributed by atoms with Crippen LogP contribution in [0.15, 0.2) is 0 Å². The lowest BCUT2D eigenvalue weighted by molar-refractivity contribution is -0.134. The molecule has 0 bridgehead atoms. The molecule has 94 valence electrons. The number of aliphatic carboxylic acids is 2. The average molecular weight is 262 g/mol. The minimum absolute atomic E-state index is 0. The summed E-state index contributed by atoms with van der Waals surface area (Å²) in [6, 6.07) is 0. The summed E-state index contributed by atoms with van der Waals surface area (Å²) in [7, 11) is 0. The van der Waals surface area contributed by atoms with Crippen LogP contribution in [0, 0.1) is 0 Å². The van der Waals surface area contributed by atoms with E-state index < -0.39 is 11.9 Å². The van der Waals surface area contributed by atoms with Crippen molar-refractivity contribution in [3.8, 4) is 0 Å². The molecular weight excluding hydrogens is 244 g/mol. The summed E-state index contributed by atoms with van der Waals surface area (Å²) in [4.78, 5) is 18.6. The predicted molar refractivity (Wildman–Crippen MR) is 63.9 cm³/mol. The number of aliphatic hydroxyl groups excluding tert-OH is 2. The molecule has 0 rings (SSSR count). The van der Waals surface area contributed by atoms with Gasteiger partial charge in [0, 0.05) is 0 Å². The second-order valence-corrected chi connectivity index (χ2v) is 2.18. The van der Waals surface area contributed by atoms with Gasteiger partial charge in [0.05, 0.1) is 24.7 Å². The fourth-order valence-corrected chi connectivity index (χ4v) is 0. The van der Waals surface area contributed by atoms with Gasteiger partial charge in [0.1, 0.15) is 0 Å². The summed E-state index contributed by atoms with van der Waals surface area (Å²) in [5.74, 6) is -1.93. The number of hydrogen-bond acceptors (Lipinski definition) is 6. The molecule has 0 radical (unpaired) electrons. The van der Waals surface area contributed by atoms with Gasteiger partial charge < -0.3 is 20.4 Å². The van der Waals surface area contributed by atoms with Gasteiger partial charge >= 0.3 is 11.9 Å². The van der Waals surface area contributed by atoms with Crippen LogP contribution in [-0.2, 0) is 9.59 Å². The van der Waals surface area contributed by atoms with Crippen molar-refractivity contribution in [2.75, 3.05) is 24.7 Å². The molecule has 15 heavy (non-hydrogen) atoms. The molecule has 0 amide bonds. The summed E-state index contributed by atoms with van der Waals surface area (Å²) < 4.78 is 0. The van der Waals surface area contributed by atoms with Crippen LogP contribution >= 0.6 is 25.3 Å². The van der Waals surface area contributed by atoms with E-state index in [0.29, 0.717) is 0 Å². The zero-order valence-corrected chi connectivity index (χ0v) is 9.12. The first-order valence-corrected chi connectivity index (χ1v) is 4.59. The van der Waals surface area contributed by atoms with E-state index in [0.717, 1.165) is 0 Å². The number of carboxylic acid groups (broad SMARTS) is 2. The minimum Gasteiger partial charge on any atom is -0.481 e. The van der Waals surface area contributed by atoms with Gasteiger partial charge in [0.2, 0.25) is 0 Å². The van der Waals surface area contributed by atoms with Gasteiger partial charge in [-0.3, -0.25) is 9.59 Å². The maximum atomic E-state index is 9.29. The van der Waals surface area contributed by atoms with Crippen molar-refractivity contribution in [2.45, 2.75) is 7.43 Å². The van der Waals surface area contributed by atoms with Crippen molar-refractivity contribution in [3.05, 3.63) is 0 Å². The van der Waals surface area contributed by atoms with E-state index in [4.69, 9.17) is 20.4 Å². The van der Waals surface area contributed by atoms with Crippen molar-refractivity contribution in [1.29, 1.82) is 0 Å². The Balaban J connectivity index is -0.0000000590. The SMILES string of the molecule is C.O=C(O)CS.O=C(O)CS.OCCO. The molecule has 0 aromatic carbocycles. The molecule has 0 saturated heterocycles. The van der Waals surface area contributed by atoms with Crippen molar-refractivity contribution in [3.63, 3.8) is 0 Å². The van der Waals surface area contributed by atoms with Crippen LogP contribution in [0.3, 0.4) is 0 Å². The first-order valence-electron chi connectivity index (χ1n) is 3.33. The Morgan fingerprint density at radius 3 is 1.00 bits per heavy atom. The third-order valence-electron chi connectivity index (χ3n) is 0.371. The second kappa shape index (κ2) is 23.4. The van der Waals surface area contributed by atoms with Gasteiger partial charge in [-0.1, -0.05) is 7.43 Å². The molecule has 0 aliphatic rings. The Morgan fingerprint density at radius 2 is 1.00 bits per heavy atom. The lowest BCUT2D eigenvalue weighted by atomic mass is 10.8. The smallest absolute Gasteiger partial charge is 0.313 e. The quantitative estimate of drug-likeness (QED) is 0.386. The van der Waals surface area contributed by atoms with E-state index >= 15 is 0 Å². The van der Waals surface area contributed by atoms with Crippen molar-refractivity contribution in [1.82, 2.24) is 0 Å². The van der Waals surface area contributed by atoms with Gasteiger partial charge in [-0.15, -0.1) is 0 Å². The fourth-order valence-electron chi connectivity index (χ4n) is 0. The lowest BCUT2D eigenvalue weighted by Crippen LogP contribution is -1.92. The Labute approximate surface area is 99.8 Å². The van der Waals surface area contributed by atoms with E-state index in [1.807, 2.05) is 0 Å². The van der Waals surface area contributed by atoms with E-state index in [-0.39, 0.29) is 32.1 Å². The highest BCUT2D eigenvalue weighted by Crippen LogP contribution is 1.66. The van der Waals surface area contributed by atoms with Crippen LogP contribution in [0.4, 0.5) is 0 Å². The van der Waals surface area contributed by atoms with Gasteiger partial charge in [-0.05, 0) is 0 Å². The molecule has 0 heterocycles. The molecule has 0 aromatic heterocycles. The van der Waals surface area contributed by atoms with Gasteiger partial charge in [0.15, 0.2) is 0 Å².